The van der Waals surface area contributed by atoms with Crippen molar-refractivity contribution in [3.8, 4) is 11.1 Å². The topological polar surface area (TPSA) is 76.3 Å². The summed E-state index contributed by atoms with van der Waals surface area (Å²) in [7, 11) is 0. The van der Waals surface area contributed by atoms with Gasteiger partial charge in [-0.05, 0) is 28.8 Å². The molecule has 3 aromatic rings. The van der Waals surface area contributed by atoms with Gasteiger partial charge in [-0.3, -0.25) is 14.6 Å². The second kappa shape index (κ2) is 8.07. The highest BCUT2D eigenvalue weighted by atomic mass is 16.2. The third kappa shape index (κ3) is 4.33. The smallest absolute Gasteiger partial charge is 0.254 e. The lowest BCUT2D eigenvalue weighted by molar-refractivity contribution is -0.118. The highest BCUT2D eigenvalue weighted by Gasteiger charge is 2.18. The van der Waals surface area contributed by atoms with Crippen LogP contribution in [0.3, 0.4) is 0 Å². The molecule has 0 radical (unpaired) electrons. The minimum Gasteiger partial charge on any atom is -0.368 e. The van der Waals surface area contributed by atoms with Gasteiger partial charge in [0.05, 0.1) is 6.54 Å². The second-order valence-electron chi connectivity index (χ2n) is 5.93. The predicted molar refractivity (Wildman–Crippen MR) is 100 cm³/mol. The zero-order chi connectivity index (χ0) is 18.4. The van der Waals surface area contributed by atoms with E-state index in [0.29, 0.717) is 12.1 Å². The highest BCUT2D eigenvalue weighted by molar-refractivity contribution is 5.96. The Balaban J connectivity index is 1.78. The Morgan fingerprint density at radius 1 is 0.846 bits per heavy atom. The van der Waals surface area contributed by atoms with E-state index in [1.807, 2.05) is 54.6 Å². The van der Waals surface area contributed by atoms with E-state index in [1.165, 1.54) is 4.90 Å². The summed E-state index contributed by atoms with van der Waals surface area (Å²) in [5.74, 6) is -0.799. The van der Waals surface area contributed by atoms with Crippen LogP contribution in [-0.2, 0) is 11.3 Å². The minimum atomic E-state index is -0.548. The van der Waals surface area contributed by atoms with Gasteiger partial charge >= 0.3 is 0 Å². The molecular formula is C21H19N3O2. The zero-order valence-corrected chi connectivity index (χ0v) is 14.2. The third-order valence-electron chi connectivity index (χ3n) is 4.00. The number of pyridine rings is 1. The number of aromatic nitrogens is 1. The summed E-state index contributed by atoms with van der Waals surface area (Å²) < 4.78 is 0. The summed E-state index contributed by atoms with van der Waals surface area (Å²) in [6.45, 7) is 0.167. The molecule has 0 atom stereocenters. The number of nitrogens with two attached hydrogens (primary N) is 1. The maximum absolute atomic E-state index is 12.7. The summed E-state index contributed by atoms with van der Waals surface area (Å²) in [5.41, 5.74) is 8.94. The van der Waals surface area contributed by atoms with E-state index in [2.05, 4.69) is 4.98 Å². The monoisotopic (exact) mass is 345 g/mol. The molecule has 130 valence electrons. The van der Waals surface area contributed by atoms with Gasteiger partial charge in [0.15, 0.2) is 0 Å². The van der Waals surface area contributed by atoms with Crippen molar-refractivity contribution in [2.24, 2.45) is 5.73 Å². The Hall–Kier alpha value is -3.47. The molecule has 1 heterocycles. The fourth-order valence-corrected chi connectivity index (χ4v) is 2.72. The van der Waals surface area contributed by atoms with Crippen LogP contribution >= 0.6 is 0 Å². The van der Waals surface area contributed by atoms with E-state index in [-0.39, 0.29) is 12.5 Å². The quantitative estimate of drug-likeness (QED) is 0.746. The number of hydrogen-bond donors (Lipinski definition) is 1. The molecule has 0 spiro atoms. The average Bonchev–Trinajstić information content (AvgIpc) is 2.68. The van der Waals surface area contributed by atoms with Crippen molar-refractivity contribution in [3.05, 3.63) is 90.3 Å². The van der Waals surface area contributed by atoms with Crippen LogP contribution in [0.1, 0.15) is 15.9 Å². The first-order valence-electron chi connectivity index (χ1n) is 8.25. The van der Waals surface area contributed by atoms with E-state index in [0.717, 1.165) is 16.7 Å². The van der Waals surface area contributed by atoms with Crippen molar-refractivity contribution in [2.75, 3.05) is 6.54 Å². The molecule has 0 saturated heterocycles. The summed E-state index contributed by atoms with van der Waals surface area (Å²) >= 11 is 0. The summed E-state index contributed by atoms with van der Waals surface area (Å²) in [6.07, 6.45) is 3.09. The van der Waals surface area contributed by atoms with Gasteiger partial charge in [0.2, 0.25) is 5.91 Å². The first-order chi connectivity index (χ1) is 12.6. The molecule has 26 heavy (non-hydrogen) atoms. The van der Waals surface area contributed by atoms with Gasteiger partial charge in [-0.1, -0.05) is 54.6 Å². The molecule has 2 amide bonds. The number of benzene rings is 2. The maximum atomic E-state index is 12.7. The van der Waals surface area contributed by atoms with Crippen LogP contribution in [0.4, 0.5) is 0 Å². The summed E-state index contributed by atoms with van der Waals surface area (Å²) in [6, 6.07) is 21.2. The first-order valence-corrected chi connectivity index (χ1v) is 8.25. The van der Waals surface area contributed by atoms with Crippen LogP contribution < -0.4 is 5.73 Å². The van der Waals surface area contributed by atoms with Crippen LogP contribution in [0, 0.1) is 0 Å². The molecular weight excluding hydrogens is 326 g/mol. The molecule has 2 N–H and O–H groups in total. The van der Waals surface area contributed by atoms with Crippen LogP contribution in [0.15, 0.2) is 79.1 Å². The number of carbonyl (C=O) groups excluding carboxylic acids is 2. The molecule has 0 aliphatic rings. The lowest BCUT2D eigenvalue weighted by atomic mass is 10.0. The van der Waals surface area contributed by atoms with Crippen molar-refractivity contribution in [1.29, 1.82) is 0 Å². The van der Waals surface area contributed by atoms with Gasteiger partial charge in [-0.15, -0.1) is 0 Å². The maximum Gasteiger partial charge on any atom is 0.254 e. The Morgan fingerprint density at radius 3 is 2.08 bits per heavy atom. The lowest BCUT2D eigenvalue weighted by Gasteiger charge is -2.21. The molecule has 0 aliphatic heterocycles. The van der Waals surface area contributed by atoms with Gasteiger partial charge in [0, 0.05) is 24.5 Å². The largest absolute Gasteiger partial charge is 0.368 e. The fourth-order valence-electron chi connectivity index (χ4n) is 2.72. The highest BCUT2D eigenvalue weighted by Crippen LogP contribution is 2.20. The molecule has 0 bridgehead atoms. The molecule has 0 saturated carbocycles. The normalized spacial score (nSPS) is 10.3. The van der Waals surface area contributed by atoms with E-state index >= 15 is 0 Å². The minimum absolute atomic E-state index is 0.137. The Bertz CT molecular complexity index is 878. The average molecular weight is 345 g/mol. The third-order valence-corrected chi connectivity index (χ3v) is 4.00. The second-order valence-corrected chi connectivity index (χ2v) is 5.93. The van der Waals surface area contributed by atoms with Crippen molar-refractivity contribution < 1.29 is 9.59 Å². The van der Waals surface area contributed by atoms with E-state index in [4.69, 9.17) is 5.73 Å². The predicted octanol–water partition coefficient (Wildman–Crippen LogP) is 2.88. The SMILES string of the molecule is NC(=O)CN(Cc1ccc(-c2ccccc2)cc1)C(=O)c1ccncc1. The molecule has 0 fully saturated rings. The van der Waals surface area contributed by atoms with Crippen molar-refractivity contribution in [3.63, 3.8) is 0 Å². The summed E-state index contributed by atoms with van der Waals surface area (Å²) in [5, 5.41) is 0. The molecule has 0 aliphatic carbocycles. The van der Waals surface area contributed by atoms with Crippen molar-refractivity contribution in [1.82, 2.24) is 9.88 Å². The van der Waals surface area contributed by atoms with Gasteiger partial charge < -0.3 is 10.6 Å². The number of carbonyl (C=O) groups is 2. The molecule has 0 unspecified atom stereocenters. The number of rotatable bonds is 6. The van der Waals surface area contributed by atoms with E-state index < -0.39 is 5.91 Å². The van der Waals surface area contributed by atoms with Crippen LogP contribution in [0.2, 0.25) is 0 Å². The molecule has 3 rings (SSSR count). The zero-order valence-electron chi connectivity index (χ0n) is 14.2. The number of amides is 2. The van der Waals surface area contributed by atoms with E-state index in [9.17, 15) is 9.59 Å². The Morgan fingerprint density at radius 2 is 1.46 bits per heavy atom. The number of nitrogens with zero attached hydrogens (tertiary/aromatic N) is 2. The van der Waals surface area contributed by atoms with Crippen LogP contribution in [0.25, 0.3) is 11.1 Å². The molecule has 2 aromatic carbocycles. The van der Waals surface area contributed by atoms with Crippen molar-refractivity contribution in [2.45, 2.75) is 6.54 Å². The summed E-state index contributed by atoms with van der Waals surface area (Å²) in [4.78, 5) is 29.4. The number of hydrogen-bond acceptors (Lipinski definition) is 3. The van der Waals surface area contributed by atoms with Crippen molar-refractivity contribution >= 4 is 11.8 Å². The Kier molecular flexibility index (Phi) is 5.39. The van der Waals surface area contributed by atoms with Gasteiger partial charge in [0.25, 0.3) is 5.91 Å². The Labute approximate surface area is 152 Å². The standard InChI is InChI=1S/C21H19N3O2/c22-20(25)15-24(21(26)19-10-12-23-13-11-19)14-16-6-8-18(9-7-16)17-4-2-1-3-5-17/h1-13H,14-15H2,(H2,22,25). The van der Waals surface area contributed by atoms with E-state index in [1.54, 1.807) is 24.5 Å². The molecule has 5 nitrogen and oxygen atoms in total. The molecule has 5 heteroatoms. The first kappa shape index (κ1) is 17.4. The van der Waals surface area contributed by atoms with Gasteiger partial charge in [-0.25, -0.2) is 0 Å². The van der Waals surface area contributed by atoms with Gasteiger partial charge in [-0.2, -0.15) is 0 Å². The lowest BCUT2D eigenvalue weighted by Crippen LogP contribution is -2.38. The fraction of sp³-hybridized carbons (Fsp3) is 0.0952. The number of primary amides is 1. The van der Waals surface area contributed by atoms with Crippen LogP contribution in [-0.4, -0.2) is 28.2 Å². The molecule has 1 aromatic heterocycles. The van der Waals surface area contributed by atoms with Gasteiger partial charge in [0.1, 0.15) is 0 Å². The van der Waals surface area contributed by atoms with Crippen LogP contribution in [0.5, 0.6) is 0 Å².